The molecule has 1 aromatic rings. The van der Waals surface area contributed by atoms with Gasteiger partial charge < -0.3 is 15.2 Å². The van der Waals surface area contributed by atoms with Crippen LogP contribution in [0.3, 0.4) is 0 Å². The van der Waals surface area contributed by atoms with E-state index >= 15 is 0 Å². The summed E-state index contributed by atoms with van der Waals surface area (Å²) in [6.45, 7) is 5.05. The molecule has 3 nitrogen and oxygen atoms in total. The molecule has 90 valence electrons. The number of rotatable bonds is 5. The maximum absolute atomic E-state index is 5.62. The molecule has 0 aliphatic carbocycles. The second kappa shape index (κ2) is 5.21. The molecule has 0 atom stereocenters. The average Bonchev–Trinajstić information content (AvgIpc) is 2.28. The molecular weight excluding hydrogens is 202 g/mol. The Morgan fingerprint density at radius 2 is 1.75 bits per heavy atom. The first kappa shape index (κ1) is 12.8. The van der Waals surface area contributed by atoms with Gasteiger partial charge in [0.2, 0.25) is 0 Å². The summed E-state index contributed by atoms with van der Waals surface area (Å²) in [6, 6.07) is 6.03. The third kappa shape index (κ3) is 2.67. The van der Waals surface area contributed by atoms with Gasteiger partial charge >= 0.3 is 0 Å². The van der Waals surface area contributed by atoms with Gasteiger partial charge in [0.25, 0.3) is 0 Å². The van der Waals surface area contributed by atoms with Crippen LogP contribution in [0.25, 0.3) is 0 Å². The van der Waals surface area contributed by atoms with E-state index in [-0.39, 0.29) is 5.41 Å². The summed E-state index contributed by atoms with van der Waals surface area (Å²) in [5, 5.41) is 0. The number of ether oxygens (including phenoxy) is 2. The third-order valence-electron chi connectivity index (χ3n) is 2.93. The van der Waals surface area contributed by atoms with E-state index in [9.17, 15) is 0 Å². The van der Waals surface area contributed by atoms with Gasteiger partial charge in [-0.1, -0.05) is 19.9 Å². The van der Waals surface area contributed by atoms with Gasteiger partial charge in [0.05, 0.1) is 14.2 Å². The summed E-state index contributed by atoms with van der Waals surface area (Å²) in [6.07, 6.45) is 0.947. The molecule has 1 aromatic carbocycles. The molecule has 1 rings (SSSR count). The van der Waals surface area contributed by atoms with Crippen LogP contribution < -0.4 is 15.2 Å². The standard InChI is InChI=1S/C13H21NO2/c1-13(2,7-8-14)10-5-6-11(15-3)12(9-10)16-4/h5-6,9H,7-8,14H2,1-4H3. The van der Waals surface area contributed by atoms with E-state index in [1.165, 1.54) is 5.56 Å². The highest BCUT2D eigenvalue weighted by Gasteiger charge is 2.21. The minimum absolute atomic E-state index is 0.0638. The fraction of sp³-hybridized carbons (Fsp3) is 0.538. The maximum Gasteiger partial charge on any atom is 0.161 e. The Labute approximate surface area is 97.6 Å². The van der Waals surface area contributed by atoms with E-state index in [0.717, 1.165) is 17.9 Å². The quantitative estimate of drug-likeness (QED) is 0.833. The normalized spacial score (nSPS) is 11.3. The number of nitrogens with two attached hydrogens (primary N) is 1. The first-order valence-electron chi connectivity index (χ1n) is 5.47. The number of hydrogen-bond acceptors (Lipinski definition) is 3. The van der Waals surface area contributed by atoms with Crippen molar-refractivity contribution in [3.05, 3.63) is 23.8 Å². The van der Waals surface area contributed by atoms with Crippen LogP contribution in [-0.2, 0) is 5.41 Å². The average molecular weight is 223 g/mol. The van der Waals surface area contributed by atoms with Crippen molar-refractivity contribution in [1.29, 1.82) is 0 Å². The molecule has 3 heteroatoms. The van der Waals surface area contributed by atoms with Gasteiger partial charge in [-0.25, -0.2) is 0 Å². The van der Waals surface area contributed by atoms with Crippen molar-refractivity contribution >= 4 is 0 Å². The summed E-state index contributed by atoms with van der Waals surface area (Å²) < 4.78 is 10.5. The zero-order valence-corrected chi connectivity index (χ0v) is 10.5. The molecular formula is C13H21NO2. The maximum atomic E-state index is 5.62. The lowest BCUT2D eigenvalue weighted by atomic mass is 9.81. The van der Waals surface area contributed by atoms with E-state index in [2.05, 4.69) is 19.9 Å². The summed E-state index contributed by atoms with van der Waals surface area (Å²) in [5.74, 6) is 1.53. The molecule has 0 saturated carbocycles. The van der Waals surface area contributed by atoms with Crippen molar-refractivity contribution in [2.75, 3.05) is 20.8 Å². The molecule has 0 aliphatic rings. The second-order valence-corrected chi connectivity index (χ2v) is 4.49. The molecule has 0 aromatic heterocycles. The summed E-state index contributed by atoms with van der Waals surface area (Å²) in [4.78, 5) is 0. The van der Waals surface area contributed by atoms with Crippen LogP contribution in [0.1, 0.15) is 25.8 Å². The first-order valence-corrected chi connectivity index (χ1v) is 5.47. The van der Waals surface area contributed by atoms with Crippen molar-refractivity contribution in [3.63, 3.8) is 0 Å². The van der Waals surface area contributed by atoms with Gasteiger partial charge in [-0.15, -0.1) is 0 Å². The topological polar surface area (TPSA) is 44.5 Å². The van der Waals surface area contributed by atoms with Crippen molar-refractivity contribution < 1.29 is 9.47 Å². The lowest BCUT2D eigenvalue weighted by molar-refractivity contribution is 0.353. The van der Waals surface area contributed by atoms with Gasteiger partial charge in [0, 0.05) is 0 Å². The van der Waals surface area contributed by atoms with Crippen molar-refractivity contribution in [2.45, 2.75) is 25.7 Å². The van der Waals surface area contributed by atoms with Crippen molar-refractivity contribution in [2.24, 2.45) is 5.73 Å². The van der Waals surface area contributed by atoms with E-state index in [1.54, 1.807) is 14.2 Å². The smallest absolute Gasteiger partial charge is 0.161 e. The summed E-state index contributed by atoms with van der Waals surface area (Å²) in [7, 11) is 3.29. The molecule has 0 fully saturated rings. The van der Waals surface area contributed by atoms with E-state index in [4.69, 9.17) is 15.2 Å². The molecule has 2 N–H and O–H groups in total. The third-order valence-corrected chi connectivity index (χ3v) is 2.93. The molecule has 0 heterocycles. The molecule has 0 amide bonds. The number of methoxy groups -OCH3 is 2. The largest absolute Gasteiger partial charge is 0.493 e. The molecule has 0 saturated heterocycles. The predicted molar refractivity (Wildman–Crippen MR) is 66.2 cm³/mol. The first-order chi connectivity index (χ1) is 7.55. The SMILES string of the molecule is COc1ccc(C(C)(C)CCN)cc1OC. The van der Waals surface area contributed by atoms with E-state index < -0.39 is 0 Å². The Bertz CT molecular complexity index is 348. The van der Waals surface area contributed by atoms with Crippen LogP contribution in [-0.4, -0.2) is 20.8 Å². The highest BCUT2D eigenvalue weighted by Crippen LogP contribution is 2.34. The Kier molecular flexibility index (Phi) is 4.19. The Morgan fingerprint density at radius 1 is 1.12 bits per heavy atom. The Balaban J connectivity index is 3.07. The zero-order chi connectivity index (χ0) is 12.2. The van der Waals surface area contributed by atoms with Gasteiger partial charge in [0.15, 0.2) is 11.5 Å². The number of hydrogen-bond donors (Lipinski definition) is 1. The molecule has 0 bridgehead atoms. The predicted octanol–water partition coefficient (Wildman–Crippen LogP) is 2.33. The Morgan fingerprint density at radius 3 is 2.25 bits per heavy atom. The van der Waals surface area contributed by atoms with E-state index in [1.807, 2.05) is 12.1 Å². The van der Waals surface area contributed by atoms with Gasteiger partial charge in [-0.3, -0.25) is 0 Å². The van der Waals surface area contributed by atoms with Gasteiger partial charge in [-0.05, 0) is 36.1 Å². The van der Waals surface area contributed by atoms with Gasteiger partial charge in [0.1, 0.15) is 0 Å². The minimum atomic E-state index is 0.0638. The fourth-order valence-corrected chi connectivity index (χ4v) is 1.76. The van der Waals surface area contributed by atoms with Gasteiger partial charge in [-0.2, -0.15) is 0 Å². The van der Waals surface area contributed by atoms with E-state index in [0.29, 0.717) is 6.54 Å². The number of benzene rings is 1. The highest BCUT2D eigenvalue weighted by molar-refractivity contribution is 5.44. The second-order valence-electron chi connectivity index (χ2n) is 4.49. The summed E-state index contributed by atoms with van der Waals surface area (Å²) >= 11 is 0. The van der Waals surface area contributed by atoms with Crippen LogP contribution in [0.5, 0.6) is 11.5 Å². The van der Waals surface area contributed by atoms with Crippen LogP contribution in [0.4, 0.5) is 0 Å². The molecule has 0 spiro atoms. The lowest BCUT2D eigenvalue weighted by Crippen LogP contribution is -2.21. The highest BCUT2D eigenvalue weighted by atomic mass is 16.5. The summed E-state index contributed by atoms with van der Waals surface area (Å²) in [5.41, 5.74) is 6.90. The van der Waals surface area contributed by atoms with Crippen LogP contribution in [0.2, 0.25) is 0 Å². The lowest BCUT2D eigenvalue weighted by Gasteiger charge is -2.25. The zero-order valence-electron chi connectivity index (χ0n) is 10.5. The molecule has 0 unspecified atom stereocenters. The van der Waals surface area contributed by atoms with Crippen molar-refractivity contribution in [3.8, 4) is 11.5 Å². The monoisotopic (exact) mass is 223 g/mol. The molecule has 0 aliphatic heterocycles. The van der Waals surface area contributed by atoms with Crippen LogP contribution in [0.15, 0.2) is 18.2 Å². The van der Waals surface area contributed by atoms with Crippen molar-refractivity contribution in [1.82, 2.24) is 0 Å². The minimum Gasteiger partial charge on any atom is -0.493 e. The van der Waals surface area contributed by atoms with Crippen LogP contribution in [0, 0.1) is 0 Å². The fourth-order valence-electron chi connectivity index (χ4n) is 1.76. The molecule has 0 radical (unpaired) electrons. The Hall–Kier alpha value is -1.22. The molecule has 16 heavy (non-hydrogen) atoms. The van der Waals surface area contributed by atoms with Crippen LogP contribution >= 0.6 is 0 Å².